The summed E-state index contributed by atoms with van der Waals surface area (Å²) in [6.45, 7) is 0.0242. The highest BCUT2D eigenvalue weighted by Gasteiger charge is 2.16. The van der Waals surface area contributed by atoms with E-state index in [0.29, 0.717) is 5.56 Å². The molecule has 0 bridgehead atoms. The molecule has 0 saturated heterocycles. The van der Waals surface area contributed by atoms with E-state index in [2.05, 4.69) is 4.98 Å². The highest BCUT2D eigenvalue weighted by Crippen LogP contribution is 2.23. The van der Waals surface area contributed by atoms with E-state index in [1.54, 1.807) is 0 Å². The van der Waals surface area contributed by atoms with Gasteiger partial charge in [0, 0.05) is 5.56 Å². The quantitative estimate of drug-likeness (QED) is 0.803. The number of aromatic nitrogens is 2. The number of benzene rings is 1. The Morgan fingerprint density at radius 1 is 1.24 bits per heavy atom. The first-order chi connectivity index (χ1) is 10.2. The third-order valence-corrected chi connectivity index (χ3v) is 3.78. The second-order valence-corrected chi connectivity index (χ2v) is 5.05. The molecular formula is C16H12N4O. The third-order valence-electron chi connectivity index (χ3n) is 3.78. The summed E-state index contributed by atoms with van der Waals surface area (Å²) >= 11 is 0. The second-order valence-electron chi connectivity index (χ2n) is 5.05. The number of imidazole rings is 1. The van der Waals surface area contributed by atoms with Crippen LogP contribution >= 0.6 is 0 Å². The molecule has 21 heavy (non-hydrogen) atoms. The number of hydrogen-bond donors (Lipinski definition) is 0. The summed E-state index contributed by atoms with van der Waals surface area (Å²) < 4.78 is 1.42. The van der Waals surface area contributed by atoms with Crippen LogP contribution in [0.25, 0.3) is 0 Å². The van der Waals surface area contributed by atoms with Crippen LogP contribution in [0.15, 0.2) is 24.5 Å². The molecule has 102 valence electrons. The molecule has 5 nitrogen and oxygen atoms in total. The predicted octanol–water partition coefficient (Wildman–Crippen LogP) is 2.00. The van der Waals surface area contributed by atoms with Crippen molar-refractivity contribution in [2.75, 3.05) is 0 Å². The molecule has 0 fully saturated rings. The second kappa shape index (κ2) is 5.22. The van der Waals surface area contributed by atoms with Gasteiger partial charge in [0.15, 0.2) is 17.2 Å². The normalized spacial score (nSPS) is 12.5. The van der Waals surface area contributed by atoms with Crippen LogP contribution < -0.4 is 0 Å². The van der Waals surface area contributed by atoms with Crippen LogP contribution in [0.5, 0.6) is 0 Å². The Labute approximate surface area is 122 Å². The van der Waals surface area contributed by atoms with Gasteiger partial charge in [-0.1, -0.05) is 12.1 Å². The van der Waals surface area contributed by atoms with Crippen molar-refractivity contribution in [3.8, 4) is 12.1 Å². The summed E-state index contributed by atoms with van der Waals surface area (Å²) in [5, 5.41) is 17.9. The van der Waals surface area contributed by atoms with Crippen LogP contribution in [-0.4, -0.2) is 15.3 Å². The van der Waals surface area contributed by atoms with Gasteiger partial charge < -0.3 is 4.57 Å². The molecule has 1 heterocycles. The van der Waals surface area contributed by atoms with E-state index in [-0.39, 0.29) is 23.7 Å². The van der Waals surface area contributed by atoms with Crippen molar-refractivity contribution in [1.29, 1.82) is 10.5 Å². The van der Waals surface area contributed by atoms with Crippen molar-refractivity contribution in [2.24, 2.45) is 0 Å². The monoisotopic (exact) mass is 276 g/mol. The molecule has 0 aliphatic heterocycles. The molecule has 0 saturated carbocycles. The number of Topliss-reactive ketones (excluding diaryl/α,β-unsaturated/α-hetero) is 1. The van der Waals surface area contributed by atoms with Gasteiger partial charge in [-0.2, -0.15) is 10.5 Å². The predicted molar refractivity (Wildman–Crippen MR) is 74.5 cm³/mol. The summed E-state index contributed by atoms with van der Waals surface area (Å²) in [6.07, 6.45) is 4.60. The van der Waals surface area contributed by atoms with Crippen LogP contribution in [0.4, 0.5) is 0 Å². The Balaban J connectivity index is 1.86. The largest absolute Gasteiger partial charge is 0.313 e. The van der Waals surface area contributed by atoms with Gasteiger partial charge in [0.05, 0.1) is 12.9 Å². The maximum Gasteiger partial charge on any atom is 0.182 e. The van der Waals surface area contributed by atoms with Crippen LogP contribution in [-0.2, 0) is 19.4 Å². The lowest BCUT2D eigenvalue weighted by atomic mass is 10.0. The lowest BCUT2D eigenvalue weighted by Gasteiger charge is -2.06. The number of rotatable bonds is 3. The molecular weight excluding hydrogens is 264 g/mol. The van der Waals surface area contributed by atoms with Gasteiger partial charge in [0.2, 0.25) is 0 Å². The number of carbonyl (C=O) groups excluding carboxylic acids is 1. The van der Waals surface area contributed by atoms with E-state index in [0.717, 1.165) is 19.3 Å². The molecule has 1 aliphatic carbocycles. The minimum absolute atomic E-state index is 0.0242. The molecule has 0 atom stereocenters. The van der Waals surface area contributed by atoms with Gasteiger partial charge in [0.25, 0.3) is 0 Å². The highest BCUT2D eigenvalue weighted by atomic mass is 16.1. The molecule has 1 aromatic carbocycles. The summed E-state index contributed by atoms with van der Waals surface area (Å²) in [5.41, 5.74) is 3.39. The zero-order valence-electron chi connectivity index (χ0n) is 11.3. The fourth-order valence-electron chi connectivity index (χ4n) is 2.69. The number of fused-ring (bicyclic) bond motifs is 1. The van der Waals surface area contributed by atoms with E-state index in [4.69, 9.17) is 10.5 Å². The first kappa shape index (κ1) is 13.1. The maximum absolute atomic E-state index is 12.3. The molecule has 1 aromatic heterocycles. The van der Waals surface area contributed by atoms with E-state index >= 15 is 0 Å². The number of carbonyl (C=O) groups is 1. The van der Waals surface area contributed by atoms with Crippen molar-refractivity contribution >= 4 is 5.78 Å². The summed E-state index contributed by atoms with van der Waals surface area (Å²) in [7, 11) is 0. The Morgan fingerprint density at radius 3 is 2.81 bits per heavy atom. The minimum atomic E-state index is -0.0805. The number of nitrogens with zero attached hydrogens (tertiary/aromatic N) is 4. The average Bonchev–Trinajstić information content (AvgIpc) is 3.11. The smallest absolute Gasteiger partial charge is 0.182 e. The van der Waals surface area contributed by atoms with Crippen LogP contribution in [0, 0.1) is 22.7 Å². The molecule has 0 spiro atoms. The molecule has 0 radical (unpaired) electrons. The molecule has 0 amide bonds. The van der Waals surface area contributed by atoms with Gasteiger partial charge in [-0.25, -0.2) is 4.98 Å². The van der Waals surface area contributed by atoms with Crippen molar-refractivity contribution in [1.82, 2.24) is 9.55 Å². The van der Waals surface area contributed by atoms with Crippen LogP contribution in [0.2, 0.25) is 0 Å². The Hall–Kier alpha value is -2.92. The van der Waals surface area contributed by atoms with Crippen molar-refractivity contribution in [3.05, 3.63) is 52.6 Å². The van der Waals surface area contributed by atoms with Gasteiger partial charge in [-0.3, -0.25) is 4.79 Å². The Morgan fingerprint density at radius 2 is 2.05 bits per heavy atom. The van der Waals surface area contributed by atoms with E-state index in [1.165, 1.54) is 22.0 Å². The number of nitriles is 2. The molecule has 1 aliphatic rings. The average molecular weight is 276 g/mol. The first-order valence-corrected chi connectivity index (χ1v) is 6.73. The van der Waals surface area contributed by atoms with Gasteiger partial charge in [0.1, 0.15) is 12.1 Å². The van der Waals surface area contributed by atoms with E-state index < -0.39 is 0 Å². The molecule has 5 heteroatoms. The van der Waals surface area contributed by atoms with Gasteiger partial charge in [-0.15, -0.1) is 0 Å². The highest BCUT2D eigenvalue weighted by molar-refractivity contribution is 5.96. The van der Waals surface area contributed by atoms with Gasteiger partial charge >= 0.3 is 0 Å². The molecule has 2 aromatic rings. The molecule has 0 N–H and O–H groups in total. The Bertz CT molecular complexity index is 805. The zero-order chi connectivity index (χ0) is 14.8. The molecule has 0 unspecified atom stereocenters. The maximum atomic E-state index is 12.3. The number of aryl methyl sites for hydroxylation is 2. The SMILES string of the molecule is N#Cc1ncn(CC(=O)c2ccc3c(c2)CCC3)c1C#N. The number of ketones is 1. The number of hydrogen-bond acceptors (Lipinski definition) is 4. The fraction of sp³-hybridized carbons (Fsp3) is 0.250. The standard InChI is InChI=1S/C16H12N4O/c17-7-14-15(8-18)20(10-19-14)9-16(21)13-5-4-11-2-1-3-12(11)6-13/h4-6,10H,1-3,9H2. The summed E-state index contributed by atoms with van der Waals surface area (Å²) in [6, 6.07) is 9.55. The summed E-state index contributed by atoms with van der Waals surface area (Å²) in [4.78, 5) is 16.2. The van der Waals surface area contributed by atoms with E-state index in [1.807, 2.05) is 30.3 Å². The Kier molecular flexibility index (Phi) is 3.25. The third kappa shape index (κ3) is 2.30. The van der Waals surface area contributed by atoms with Crippen LogP contribution in [0.3, 0.4) is 0 Å². The van der Waals surface area contributed by atoms with Crippen molar-refractivity contribution < 1.29 is 4.79 Å². The van der Waals surface area contributed by atoms with Crippen molar-refractivity contribution in [3.63, 3.8) is 0 Å². The molecule has 3 rings (SSSR count). The van der Waals surface area contributed by atoms with Gasteiger partial charge in [-0.05, 0) is 36.5 Å². The lowest BCUT2D eigenvalue weighted by Crippen LogP contribution is -2.11. The lowest BCUT2D eigenvalue weighted by molar-refractivity contribution is 0.0971. The van der Waals surface area contributed by atoms with Crippen molar-refractivity contribution in [2.45, 2.75) is 25.8 Å². The first-order valence-electron chi connectivity index (χ1n) is 6.73. The van der Waals surface area contributed by atoms with E-state index in [9.17, 15) is 4.79 Å². The topological polar surface area (TPSA) is 82.5 Å². The van der Waals surface area contributed by atoms with Crippen LogP contribution in [0.1, 0.15) is 39.3 Å². The minimum Gasteiger partial charge on any atom is -0.313 e. The fourth-order valence-corrected chi connectivity index (χ4v) is 2.69. The zero-order valence-corrected chi connectivity index (χ0v) is 11.3. The summed E-state index contributed by atoms with van der Waals surface area (Å²) in [5.74, 6) is -0.0805.